The van der Waals surface area contributed by atoms with Gasteiger partial charge in [-0.3, -0.25) is 4.72 Å². The molecular weight excluding hydrogens is 308 g/mol. The van der Waals surface area contributed by atoms with Crippen molar-refractivity contribution in [3.63, 3.8) is 0 Å². The van der Waals surface area contributed by atoms with Gasteiger partial charge in [0.05, 0.1) is 17.7 Å². The number of anilines is 1. The maximum atomic E-state index is 12.4. The first kappa shape index (κ1) is 15.8. The molecule has 1 aromatic carbocycles. The van der Waals surface area contributed by atoms with Crippen LogP contribution < -0.4 is 14.8 Å². The molecule has 0 fully saturated rings. The van der Waals surface area contributed by atoms with Gasteiger partial charge in [-0.1, -0.05) is 6.92 Å². The van der Waals surface area contributed by atoms with Crippen molar-refractivity contribution < 1.29 is 13.2 Å². The van der Waals surface area contributed by atoms with Crippen LogP contribution in [0.15, 0.2) is 39.9 Å². The topological polar surface area (TPSA) is 67.4 Å². The normalized spacial score (nSPS) is 11.3. The largest absolute Gasteiger partial charge is 0.496 e. The molecule has 1 aromatic heterocycles. The van der Waals surface area contributed by atoms with E-state index in [1.807, 2.05) is 12.3 Å². The summed E-state index contributed by atoms with van der Waals surface area (Å²) in [5, 5.41) is 6.74. The van der Waals surface area contributed by atoms with Crippen molar-refractivity contribution in [3.05, 3.63) is 40.6 Å². The molecule has 1 heterocycles. The number of hydrogen-bond acceptors (Lipinski definition) is 5. The van der Waals surface area contributed by atoms with Gasteiger partial charge < -0.3 is 10.1 Å². The lowest BCUT2D eigenvalue weighted by molar-refractivity contribution is 0.407. The molecule has 7 heteroatoms. The lowest BCUT2D eigenvalue weighted by Crippen LogP contribution is -2.15. The van der Waals surface area contributed by atoms with E-state index in [-0.39, 0.29) is 4.90 Å². The maximum Gasteiger partial charge on any atom is 0.261 e. The quantitative estimate of drug-likeness (QED) is 0.821. The standard InChI is InChI=1S/C14H18N2O3S2/c1-3-15-9-11-8-13(4-5-14(11)19-2)21(17,18)16-12-6-7-20-10-12/h4-8,10,15-16H,3,9H2,1-2H3. The first-order chi connectivity index (χ1) is 10.1. The lowest BCUT2D eigenvalue weighted by Gasteiger charge is -2.12. The Labute approximate surface area is 129 Å². The Hall–Kier alpha value is -1.57. The van der Waals surface area contributed by atoms with E-state index in [4.69, 9.17) is 4.74 Å². The van der Waals surface area contributed by atoms with Crippen LogP contribution in [0.1, 0.15) is 12.5 Å². The summed E-state index contributed by atoms with van der Waals surface area (Å²) in [7, 11) is -2.01. The van der Waals surface area contributed by atoms with Crippen molar-refractivity contribution in [1.29, 1.82) is 0 Å². The third-order valence-electron chi connectivity index (χ3n) is 2.90. The van der Waals surface area contributed by atoms with Crippen LogP contribution in [0.5, 0.6) is 5.75 Å². The molecule has 0 saturated carbocycles. The number of hydrogen-bond donors (Lipinski definition) is 2. The van der Waals surface area contributed by atoms with Gasteiger partial charge in [0.25, 0.3) is 10.0 Å². The first-order valence-electron chi connectivity index (χ1n) is 6.49. The third-order valence-corrected chi connectivity index (χ3v) is 4.96. The van der Waals surface area contributed by atoms with Crippen molar-refractivity contribution >= 4 is 27.0 Å². The number of thiophene rings is 1. The van der Waals surface area contributed by atoms with Crippen LogP contribution in [0.3, 0.4) is 0 Å². The Morgan fingerprint density at radius 3 is 2.71 bits per heavy atom. The highest BCUT2D eigenvalue weighted by Gasteiger charge is 2.16. The zero-order valence-corrected chi connectivity index (χ0v) is 13.6. The number of benzene rings is 1. The van der Waals surface area contributed by atoms with Crippen LogP contribution in [-0.2, 0) is 16.6 Å². The van der Waals surface area contributed by atoms with Crippen LogP contribution in [0.4, 0.5) is 5.69 Å². The molecule has 0 atom stereocenters. The molecule has 5 nitrogen and oxygen atoms in total. The molecule has 21 heavy (non-hydrogen) atoms. The molecule has 2 rings (SSSR count). The van der Waals surface area contributed by atoms with E-state index in [1.165, 1.54) is 11.3 Å². The van der Waals surface area contributed by atoms with Crippen LogP contribution in [-0.4, -0.2) is 22.1 Å². The van der Waals surface area contributed by atoms with Crippen molar-refractivity contribution in [1.82, 2.24) is 5.32 Å². The zero-order valence-electron chi connectivity index (χ0n) is 11.9. The first-order valence-corrected chi connectivity index (χ1v) is 8.92. The molecule has 114 valence electrons. The predicted octanol–water partition coefficient (Wildman–Crippen LogP) is 2.67. The fourth-order valence-electron chi connectivity index (χ4n) is 1.86. The average Bonchev–Trinajstić information content (AvgIpc) is 2.96. The van der Waals surface area contributed by atoms with E-state index < -0.39 is 10.0 Å². The Bertz CT molecular complexity index is 682. The highest BCUT2D eigenvalue weighted by atomic mass is 32.2. The molecule has 2 aromatic rings. The summed E-state index contributed by atoms with van der Waals surface area (Å²) in [5.41, 5.74) is 1.39. The van der Waals surface area contributed by atoms with E-state index >= 15 is 0 Å². The molecule has 0 spiro atoms. The van der Waals surface area contributed by atoms with E-state index in [9.17, 15) is 8.42 Å². The van der Waals surface area contributed by atoms with Gasteiger partial charge in [-0.15, -0.1) is 0 Å². The van der Waals surface area contributed by atoms with E-state index in [0.29, 0.717) is 18.0 Å². The Kier molecular flexibility index (Phi) is 5.22. The second-order valence-corrected chi connectivity index (χ2v) is 6.83. The molecule has 0 bridgehead atoms. The van der Waals surface area contributed by atoms with Crippen molar-refractivity contribution in [2.24, 2.45) is 0 Å². The highest BCUT2D eigenvalue weighted by Crippen LogP contribution is 2.24. The number of ether oxygens (including phenoxy) is 1. The Morgan fingerprint density at radius 2 is 2.10 bits per heavy atom. The van der Waals surface area contributed by atoms with Crippen LogP contribution in [0.25, 0.3) is 0 Å². The van der Waals surface area contributed by atoms with Gasteiger partial charge in [0.1, 0.15) is 5.75 Å². The van der Waals surface area contributed by atoms with Gasteiger partial charge in [0, 0.05) is 17.5 Å². The molecular formula is C14H18N2O3S2. The summed E-state index contributed by atoms with van der Waals surface area (Å²) in [4.78, 5) is 0.224. The summed E-state index contributed by atoms with van der Waals surface area (Å²) in [6.45, 7) is 3.35. The minimum atomic E-state index is -3.58. The van der Waals surface area contributed by atoms with Crippen LogP contribution in [0.2, 0.25) is 0 Å². The lowest BCUT2D eigenvalue weighted by atomic mass is 10.2. The molecule has 0 amide bonds. The van der Waals surface area contributed by atoms with Gasteiger partial charge in [0.15, 0.2) is 0 Å². The van der Waals surface area contributed by atoms with E-state index in [0.717, 1.165) is 12.1 Å². The maximum absolute atomic E-state index is 12.4. The van der Waals surface area contributed by atoms with E-state index in [2.05, 4.69) is 10.0 Å². The number of rotatable bonds is 7. The van der Waals surface area contributed by atoms with Gasteiger partial charge in [0.2, 0.25) is 0 Å². The molecule has 0 aliphatic heterocycles. The van der Waals surface area contributed by atoms with Crippen molar-refractivity contribution in [3.8, 4) is 5.75 Å². The average molecular weight is 326 g/mol. The molecule has 0 unspecified atom stereocenters. The molecule has 0 aliphatic carbocycles. The van der Waals surface area contributed by atoms with Crippen molar-refractivity contribution in [2.75, 3.05) is 18.4 Å². The van der Waals surface area contributed by atoms with Crippen LogP contribution in [0, 0.1) is 0 Å². The summed E-state index contributed by atoms with van der Waals surface area (Å²) in [6, 6.07) is 6.58. The summed E-state index contributed by atoms with van der Waals surface area (Å²) in [6.07, 6.45) is 0. The third kappa shape index (κ3) is 3.96. The zero-order chi connectivity index (χ0) is 15.3. The van der Waals surface area contributed by atoms with Gasteiger partial charge >= 0.3 is 0 Å². The number of nitrogens with one attached hydrogen (secondary N) is 2. The molecule has 2 N–H and O–H groups in total. The van der Waals surface area contributed by atoms with Gasteiger partial charge in [-0.2, -0.15) is 11.3 Å². The number of methoxy groups -OCH3 is 1. The second-order valence-electron chi connectivity index (χ2n) is 4.37. The second kappa shape index (κ2) is 6.93. The fraction of sp³-hybridized carbons (Fsp3) is 0.286. The summed E-state index contributed by atoms with van der Waals surface area (Å²) >= 11 is 1.44. The smallest absolute Gasteiger partial charge is 0.261 e. The molecule has 0 saturated heterocycles. The molecule has 0 radical (unpaired) electrons. The predicted molar refractivity (Wildman–Crippen MR) is 85.5 cm³/mol. The minimum Gasteiger partial charge on any atom is -0.496 e. The monoisotopic (exact) mass is 326 g/mol. The Morgan fingerprint density at radius 1 is 1.29 bits per heavy atom. The van der Waals surface area contributed by atoms with Crippen molar-refractivity contribution in [2.45, 2.75) is 18.4 Å². The van der Waals surface area contributed by atoms with Crippen LogP contribution >= 0.6 is 11.3 Å². The summed E-state index contributed by atoms with van der Waals surface area (Å²) < 4.78 is 32.5. The molecule has 0 aliphatic rings. The Balaban J connectivity index is 2.30. The number of sulfonamides is 1. The fourth-order valence-corrected chi connectivity index (χ4v) is 3.62. The van der Waals surface area contributed by atoms with Gasteiger partial charge in [-0.05, 0) is 36.2 Å². The van der Waals surface area contributed by atoms with E-state index in [1.54, 1.807) is 36.8 Å². The highest BCUT2D eigenvalue weighted by molar-refractivity contribution is 7.92. The van der Waals surface area contributed by atoms with Gasteiger partial charge in [-0.25, -0.2) is 8.42 Å². The minimum absolute atomic E-state index is 0.224. The SMILES string of the molecule is CCNCc1cc(S(=O)(=O)Nc2ccsc2)ccc1OC. The summed E-state index contributed by atoms with van der Waals surface area (Å²) in [5.74, 6) is 0.672.